The van der Waals surface area contributed by atoms with Crippen LogP contribution in [0.3, 0.4) is 0 Å². The first-order valence-corrected chi connectivity index (χ1v) is 8.78. The molecule has 0 aromatic heterocycles. The number of nitrogens with two attached hydrogens (primary N) is 1. The molecule has 0 spiro atoms. The smallest absolute Gasteiger partial charge is 0.416 e. The first kappa shape index (κ1) is 20.6. The van der Waals surface area contributed by atoms with E-state index in [1.54, 1.807) is 11.0 Å². The molecule has 0 atom stereocenters. The minimum absolute atomic E-state index is 0.303. The van der Waals surface area contributed by atoms with E-state index in [1.165, 1.54) is 12.1 Å². The molecule has 0 radical (unpaired) electrons. The van der Waals surface area contributed by atoms with Gasteiger partial charge in [0.2, 0.25) is 0 Å². The van der Waals surface area contributed by atoms with Crippen molar-refractivity contribution in [1.82, 2.24) is 4.90 Å². The summed E-state index contributed by atoms with van der Waals surface area (Å²) in [5, 5.41) is 0. The third kappa shape index (κ3) is 5.37. The van der Waals surface area contributed by atoms with Gasteiger partial charge in [0.1, 0.15) is 5.60 Å². The maximum atomic E-state index is 12.9. The lowest BCUT2D eigenvalue weighted by Crippen LogP contribution is -2.48. The summed E-state index contributed by atoms with van der Waals surface area (Å²) in [6.07, 6.45) is -2.97. The summed E-state index contributed by atoms with van der Waals surface area (Å²) in [6.45, 7) is 6.79. The maximum absolute atomic E-state index is 12.9. The molecule has 1 aliphatic rings. The highest BCUT2D eigenvalue weighted by molar-refractivity contribution is 5.68. The SMILES string of the molecule is CC(C)(C)OC(=O)N1CCC(CN)(Cc2cccc(C(F)(F)F)c2)CC1. The van der Waals surface area contributed by atoms with Crippen LogP contribution < -0.4 is 5.73 Å². The molecular formula is C19H27F3N2O2. The Balaban J connectivity index is 2.04. The first-order chi connectivity index (χ1) is 11.9. The van der Waals surface area contributed by atoms with E-state index in [0.29, 0.717) is 44.5 Å². The highest BCUT2D eigenvalue weighted by Crippen LogP contribution is 2.36. The van der Waals surface area contributed by atoms with Gasteiger partial charge in [0.15, 0.2) is 0 Å². The van der Waals surface area contributed by atoms with Crippen molar-refractivity contribution in [3.05, 3.63) is 35.4 Å². The van der Waals surface area contributed by atoms with E-state index in [2.05, 4.69) is 0 Å². The number of benzene rings is 1. The second-order valence-electron chi connectivity index (χ2n) is 8.05. The lowest BCUT2D eigenvalue weighted by atomic mass is 9.74. The fourth-order valence-electron chi connectivity index (χ4n) is 3.23. The van der Waals surface area contributed by atoms with Crippen molar-refractivity contribution in [3.63, 3.8) is 0 Å². The molecule has 4 nitrogen and oxygen atoms in total. The number of amides is 1. The highest BCUT2D eigenvalue weighted by atomic mass is 19.4. The molecule has 1 aromatic carbocycles. The number of hydrogen-bond donors (Lipinski definition) is 1. The lowest BCUT2D eigenvalue weighted by molar-refractivity contribution is -0.137. The van der Waals surface area contributed by atoms with E-state index in [1.807, 2.05) is 20.8 Å². The van der Waals surface area contributed by atoms with E-state index in [0.717, 1.165) is 6.07 Å². The van der Waals surface area contributed by atoms with Gasteiger partial charge < -0.3 is 15.4 Å². The van der Waals surface area contributed by atoms with Gasteiger partial charge in [-0.3, -0.25) is 0 Å². The Morgan fingerprint density at radius 2 is 1.85 bits per heavy atom. The van der Waals surface area contributed by atoms with Crippen molar-refractivity contribution in [2.75, 3.05) is 19.6 Å². The number of carbonyl (C=O) groups is 1. The number of piperidine rings is 1. The monoisotopic (exact) mass is 372 g/mol. The molecule has 0 unspecified atom stereocenters. The number of rotatable bonds is 3. The van der Waals surface area contributed by atoms with Crippen LogP contribution in [0.2, 0.25) is 0 Å². The summed E-state index contributed by atoms with van der Waals surface area (Å²) in [4.78, 5) is 13.8. The van der Waals surface area contributed by atoms with Gasteiger partial charge in [0, 0.05) is 13.1 Å². The van der Waals surface area contributed by atoms with E-state index < -0.39 is 17.3 Å². The van der Waals surface area contributed by atoms with Crippen LogP contribution in [0.25, 0.3) is 0 Å². The van der Waals surface area contributed by atoms with Crippen LogP contribution in [0.5, 0.6) is 0 Å². The zero-order valence-electron chi connectivity index (χ0n) is 15.5. The van der Waals surface area contributed by atoms with Crippen LogP contribution in [0.15, 0.2) is 24.3 Å². The van der Waals surface area contributed by atoms with Crippen LogP contribution in [-0.2, 0) is 17.3 Å². The van der Waals surface area contributed by atoms with E-state index in [4.69, 9.17) is 10.5 Å². The van der Waals surface area contributed by atoms with Gasteiger partial charge >= 0.3 is 12.3 Å². The maximum Gasteiger partial charge on any atom is 0.416 e. The number of hydrogen-bond acceptors (Lipinski definition) is 3. The largest absolute Gasteiger partial charge is 0.444 e. The van der Waals surface area contributed by atoms with Gasteiger partial charge in [0.25, 0.3) is 0 Å². The molecule has 146 valence electrons. The molecule has 1 amide bonds. The van der Waals surface area contributed by atoms with Crippen molar-refractivity contribution in [1.29, 1.82) is 0 Å². The molecule has 26 heavy (non-hydrogen) atoms. The average molecular weight is 372 g/mol. The summed E-state index contributed by atoms with van der Waals surface area (Å²) in [5.74, 6) is 0. The molecule has 1 heterocycles. The van der Waals surface area contributed by atoms with Crippen LogP contribution in [0.1, 0.15) is 44.7 Å². The lowest BCUT2D eigenvalue weighted by Gasteiger charge is -2.41. The Hall–Kier alpha value is -1.76. The Labute approximate surface area is 152 Å². The molecule has 0 bridgehead atoms. The van der Waals surface area contributed by atoms with Gasteiger partial charge in [-0.1, -0.05) is 18.2 Å². The molecule has 0 aliphatic carbocycles. The number of alkyl halides is 3. The fourth-order valence-corrected chi connectivity index (χ4v) is 3.23. The third-order valence-corrected chi connectivity index (χ3v) is 4.74. The van der Waals surface area contributed by atoms with Crippen LogP contribution in [-0.4, -0.2) is 36.2 Å². The average Bonchev–Trinajstić information content (AvgIpc) is 2.53. The molecule has 2 rings (SSSR count). The highest BCUT2D eigenvalue weighted by Gasteiger charge is 2.37. The fraction of sp³-hybridized carbons (Fsp3) is 0.632. The van der Waals surface area contributed by atoms with Crippen molar-refractivity contribution in [3.8, 4) is 0 Å². The zero-order valence-corrected chi connectivity index (χ0v) is 15.5. The molecule has 0 saturated carbocycles. The summed E-state index contributed by atoms with van der Waals surface area (Å²) in [5.41, 5.74) is 5.09. The number of carbonyl (C=O) groups excluding carboxylic acids is 1. The van der Waals surface area contributed by atoms with Crippen LogP contribution in [0.4, 0.5) is 18.0 Å². The number of nitrogens with zero attached hydrogens (tertiary/aromatic N) is 1. The predicted octanol–water partition coefficient (Wildman–Crippen LogP) is 4.22. The van der Waals surface area contributed by atoms with Gasteiger partial charge in [0.05, 0.1) is 5.56 Å². The van der Waals surface area contributed by atoms with E-state index in [-0.39, 0.29) is 11.5 Å². The molecular weight excluding hydrogens is 345 g/mol. The summed E-state index contributed by atoms with van der Waals surface area (Å²) < 4.78 is 44.1. The summed E-state index contributed by atoms with van der Waals surface area (Å²) >= 11 is 0. The normalized spacial score (nSPS) is 17.9. The van der Waals surface area contributed by atoms with Crippen LogP contribution >= 0.6 is 0 Å². The zero-order chi connectivity index (χ0) is 19.6. The van der Waals surface area contributed by atoms with Gasteiger partial charge in [-0.15, -0.1) is 0 Å². The Kier molecular flexibility index (Phi) is 5.90. The van der Waals surface area contributed by atoms with E-state index >= 15 is 0 Å². The predicted molar refractivity (Wildman–Crippen MR) is 93.7 cm³/mol. The number of ether oxygens (including phenoxy) is 1. The topological polar surface area (TPSA) is 55.6 Å². The van der Waals surface area contributed by atoms with Crippen molar-refractivity contribution >= 4 is 6.09 Å². The van der Waals surface area contributed by atoms with Crippen molar-refractivity contribution in [2.24, 2.45) is 11.1 Å². The second kappa shape index (κ2) is 7.47. The molecule has 1 saturated heterocycles. The Morgan fingerprint density at radius 1 is 1.23 bits per heavy atom. The minimum Gasteiger partial charge on any atom is -0.444 e. The molecule has 2 N–H and O–H groups in total. The van der Waals surface area contributed by atoms with Crippen molar-refractivity contribution < 1.29 is 22.7 Å². The number of likely N-dealkylation sites (tertiary alicyclic amines) is 1. The number of halogens is 3. The first-order valence-electron chi connectivity index (χ1n) is 8.78. The third-order valence-electron chi connectivity index (χ3n) is 4.74. The second-order valence-corrected chi connectivity index (χ2v) is 8.05. The molecule has 1 aliphatic heterocycles. The van der Waals surface area contributed by atoms with Crippen LogP contribution in [0, 0.1) is 5.41 Å². The molecule has 7 heteroatoms. The Morgan fingerprint density at radius 3 is 2.35 bits per heavy atom. The van der Waals surface area contributed by atoms with Gasteiger partial charge in [-0.05, 0) is 63.6 Å². The molecule has 1 fully saturated rings. The quantitative estimate of drug-likeness (QED) is 0.864. The van der Waals surface area contributed by atoms with Crippen molar-refractivity contribution in [2.45, 2.75) is 51.8 Å². The van der Waals surface area contributed by atoms with Gasteiger partial charge in [-0.2, -0.15) is 13.2 Å². The summed E-state index contributed by atoms with van der Waals surface area (Å²) in [7, 11) is 0. The minimum atomic E-state index is -4.36. The Bertz CT molecular complexity index is 630. The van der Waals surface area contributed by atoms with E-state index in [9.17, 15) is 18.0 Å². The van der Waals surface area contributed by atoms with Gasteiger partial charge in [-0.25, -0.2) is 4.79 Å². The standard InChI is InChI=1S/C19H27F3N2O2/c1-17(2,3)26-16(25)24-9-7-18(13-23,8-10-24)12-14-5-4-6-15(11-14)19(20,21)22/h4-6,11H,7-10,12-13,23H2,1-3H3. The summed E-state index contributed by atoms with van der Waals surface area (Å²) in [6, 6.07) is 5.40. The molecule has 1 aromatic rings.